The summed E-state index contributed by atoms with van der Waals surface area (Å²) in [7, 11) is 0. The van der Waals surface area contributed by atoms with E-state index in [0.717, 1.165) is 25.8 Å². The molecule has 0 amide bonds. The highest BCUT2D eigenvalue weighted by molar-refractivity contribution is 5.88. The summed E-state index contributed by atoms with van der Waals surface area (Å²) in [6, 6.07) is 0.0648. The van der Waals surface area contributed by atoms with E-state index in [1.807, 2.05) is 20.8 Å². The van der Waals surface area contributed by atoms with Crippen molar-refractivity contribution in [2.45, 2.75) is 86.2 Å². The highest BCUT2D eigenvalue weighted by Gasteiger charge is 2.37. The van der Waals surface area contributed by atoms with Gasteiger partial charge in [0.05, 0.1) is 6.04 Å². The number of rotatable bonds is 6. The first kappa shape index (κ1) is 17.6. The smallest absolute Gasteiger partial charge is 0.155 e. The van der Waals surface area contributed by atoms with Crippen molar-refractivity contribution in [1.29, 1.82) is 0 Å². The highest BCUT2D eigenvalue weighted by atomic mass is 16.1. The fourth-order valence-corrected chi connectivity index (χ4v) is 2.40. The molecule has 0 N–H and O–H groups in total. The third-order valence-corrected chi connectivity index (χ3v) is 3.31. The monoisotopic (exact) mass is 255 g/mol. The molecule has 18 heavy (non-hydrogen) atoms. The van der Waals surface area contributed by atoms with Gasteiger partial charge in [-0.3, -0.25) is 9.69 Å². The molecule has 0 heterocycles. The van der Waals surface area contributed by atoms with Gasteiger partial charge in [0.25, 0.3) is 0 Å². The molecule has 0 radical (unpaired) electrons. The van der Waals surface area contributed by atoms with Crippen molar-refractivity contribution in [1.82, 2.24) is 4.90 Å². The van der Waals surface area contributed by atoms with Crippen molar-refractivity contribution in [3.63, 3.8) is 0 Å². The van der Waals surface area contributed by atoms with E-state index in [0.29, 0.717) is 5.78 Å². The van der Waals surface area contributed by atoms with E-state index in [2.05, 4.69) is 39.5 Å². The van der Waals surface area contributed by atoms with Crippen LogP contribution in [0.15, 0.2) is 0 Å². The first-order valence-electron chi connectivity index (χ1n) is 7.36. The highest BCUT2D eigenvalue weighted by Crippen LogP contribution is 2.27. The summed E-state index contributed by atoms with van der Waals surface area (Å²) in [5, 5.41) is 0. The summed E-state index contributed by atoms with van der Waals surface area (Å²) in [4.78, 5) is 15.1. The van der Waals surface area contributed by atoms with Crippen LogP contribution in [0.2, 0.25) is 0 Å². The van der Waals surface area contributed by atoms with Gasteiger partial charge in [0, 0.05) is 11.0 Å². The topological polar surface area (TPSA) is 20.3 Å². The summed E-state index contributed by atoms with van der Waals surface area (Å²) in [5.41, 5.74) is -0.201. The Labute approximate surface area is 114 Å². The largest absolute Gasteiger partial charge is 0.297 e. The molecule has 1 unspecified atom stereocenters. The Hall–Kier alpha value is -0.370. The summed E-state index contributed by atoms with van der Waals surface area (Å²) < 4.78 is 0. The van der Waals surface area contributed by atoms with Crippen LogP contribution >= 0.6 is 0 Å². The Morgan fingerprint density at radius 1 is 1.00 bits per heavy atom. The number of ketones is 1. The zero-order valence-electron chi connectivity index (χ0n) is 13.8. The Kier molecular flexibility index (Phi) is 6.56. The maximum atomic E-state index is 12.7. The molecule has 108 valence electrons. The summed E-state index contributed by atoms with van der Waals surface area (Å²) >= 11 is 0. The van der Waals surface area contributed by atoms with Crippen LogP contribution in [0.1, 0.15) is 74.7 Å². The van der Waals surface area contributed by atoms with Gasteiger partial charge in [0.2, 0.25) is 0 Å². The maximum absolute atomic E-state index is 12.7. The van der Waals surface area contributed by atoms with Crippen LogP contribution in [0.4, 0.5) is 0 Å². The van der Waals surface area contributed by atoms with Crippen molar-refractivity contribution in [3.05, 3.63) is 0 Å². The number of carbonyl (C=O) groups excluding carboxylic acids is 1. The second-order valence-corrected chi connectivity index (χ2v) is 7.28. The lowest BCUT2D eigenvalue weighted by atomic mass is 9.83. The second kappa shape index (κ2) is 6.70. The SMILES string of the molecule is CCCC(C(=O)C(C)(C)C)N(CCC)C(C)(C)C. The number of hydrogen-bond donors (Lipinski definition) is 0. The number of carbonyl (C=O) groups is 1. The van der Waals surface area contributed by atoms with Gasteiger partial charge in [-0.05, 0) is 40.2 Å². The fourth-order valence-electron chi connectivity index (χ4n) is 2.40. The quantitative estimate of drug-likeness (QED) is 0.706. The van der Waals surface area contributed by atoms with Gasteiger partial charge in [-0.15, -0.1) is 0 Å². The molecular formula is C16H33NO. The average Bonchev–Trinajstić information content (AvgIpc) is 2.19. The molecule has 0 bridgehead atoms. The van der Waals surface area contributed by atoms with Gasteiger partial charge in [0.1, 0.15) is 0 Å². The van der Waals surface area contributed by atoms with E-state index in [4.69, 9.17) is 0 Å². The van der Waals surface area contributed by atoms with Crippen LogP contribution < -0.4 is 0 Å². The molecular weight excluding hydrogens is 222 g/mol. The third-order valence-electron chi connectivity index (χ3n) is 3.31. The molecule has 0 rings (SSSR count). The Morgan fingerprint density at radius 3 is 1.78 bits per heavy atom. The lowest BCUT2D eigenvalue weighted by molar-refractivity contribution is -0.134. The normalized spacial score (nSPS) is 14.9. The van der Waals surface area contributed by atoms with Gasteiger partial charge >= 0.3 is 0 Å². The minimum absolute atomic E-state index is 0.0523. The Morgan fingerprint density at radius 2 is 1.50 bits per heavy atom. The molecule has 0 aromatic heterocycles. The zero-order valence-corrected chi connectivity index (χ0v) is 13.8. The van der Waals surface area contributed by atoms with Gasteiger partial charge in [0.15, 0.2) is 5.78 Å². The third kappa shape index (κ3) is 5.09. The van der Waals surface area contributed by atoms with Gasteiger partial charge in [-0.25, -0.2) is 0 Å². The molecule has 0 saturated carbocycles. The van der Waals surface area contributed by atoms with Crippen molar-refractivity contribution < 1.29 is 4.79 Å². The van der Waals surface area contributed by atoms with Crippen molar-refractivity contribution in [3.8, 4) is 0 Å². The predicted molar refractivity (Wildman–Crippen MR) is 79.9 cm³/mol. The van der Waals surface area contributed by atoms with Crippen molar-refractivity contribution >= 4 is 5.78 Å². The van der Waals surface area contributed by atoms with Crippen molar-refractivity contribution in [2.24, 2.45) is 5.41 Å². The van der Waals surface area contributed by atoms with E-state index in [9.17, 15) is 4.79 Å². The summed E-state index contributed by atoms with van der Waals surface area (Å²) in [6.07, 6.45) is 3.12. The first-order valence-corrected chi connectivity index (χ1v) is 7.36. The molecule has 0 aromatic carbocycles. The lowest BCUT2D eigenvalue weighted by Crippen LogP contribution is -2.54. The second-order valence-electron chi connectivity index (χ2n) is 7.28. The molecule has 0 saturated heterocycles. The molecule has 1 atom stereocenters. The van der Waals surface area contributed by atoms with E-state index >= 15 is 0 Å². The first-order chi connectivity index (χ1) is 8.05. The van der Waals surface area contributed by atoms with Crippen LogP contribution in [-0.2, 0) is 4.79 Å². The Bertz CT molecular complexity index is 257. The van der Waals surface area contributed by atoms with Crippen LogP contribution in [0, 0.1) is 5.41 Å². The minimum Gasteiger partial charge on any atom is -0.297 e. The molecule has 2 heteroatoms. The van der Waals surface area contributed by atoms with E-state index in [1.54, 1.807) is 0 Å². The molecule has 0 aliphatic carbocycles. The van der Waals surface area contributed by atoms with Crippen LogP contribution in [0.25, 0.3) is 0 Å². The molecule has 0 aliphatic heterocycles. The molecule has 0 aliphatic rings. The predicted octanol–water partition coefficient (Wildman–Crippen LogP) is 4.28. The molecule has 0 fully saturated rings. The lowest BCUT2D eigenvalue weighted by Gasteiger charge is -2.43. The summed E-state index contributed by atoms with van der Waals surface area (Å²) in [5.74, 6) is 0.382. The van der Waals surface area contributed by atoms with Crippen LogP contribution in [0.5, 0.6) is 0 Å². The van der Waals surface area contributed by atoms with E-state index in [-0.39, 0.29) is 17.0 Å². The van der Waals surface area contributed by atoms with Crippen LogP contribution in [0.3, 0.4) is 0 Å². The minimum atomic E-state index is -0.253. The average molecular weight is 255 g/mol. The number of Topliss-reactive ketones (excluding diaryl/α,β-unsaturated/α-hetero) is 1. The molecule has 0 spiro atoms. The van der Waals surface area contributed by atoms with E-state index < -0.39 is 0 Å². The molecule has 2 nitrogen and oxygen atoms in total. The van der Waals surface area contributed by atoms with Gasteiger partial charge in [-0.2, -0.15) is 0 Å². The Balaban J connectivity index is 5.22. The maximum Gasteiger partial charge on any atom is 0.155 e. The van der Waals surface area contributed by atoms with Gasteiger partial charge < -0.3 is 0 Å². The fraction of sp³-hybridized carbons (Fsp3) is 0.938. The molecule has 0 aromatic rings. The standard InChI is InChI=1S/C16H33NO/c1-9-11-13(14(18)15(3,4)5)17(12-10-2)16(6,7)8/h13H,9-12H2,1-8H3. The number of nitrogens with zero attached hydrogens (tertiary/aromatic N) is 1. The van der Waals surface area contributed by atoms with E-state index in [1.165, 1.54) is 0 Å². The van der Waals surface area contributed by atoms with Crippen molar-refractivity contribution in [2.75, 3.05) is 6.54 Å². The zero-order chi connectivity index (χ0) is 14.6. The number of hydrogen-bond acceptors (Lipinski definition) is 2. The van der Waals surface area contributed by atoms with Gasteiger partial charge in [-0.1, -0.05) is 41.0 Å². The summed E-state index contributed by atoms with van der Waals surface area (Å²) in [6.45, 7) is 18.1. The van der Waals surface area contributed by atoms with Crippen LogP contribution in [-0.4, -0.2) is 28.8 Å².